The minimum Gasteiger partial charge on any atom is -0.477 e. The molecule has 1 aliphatic heterocycles. The summed E-state index contributed by atoms with van der Waals surface area (Å²) < 4.78 is 6.01. The number of aromatic nitrogens is 3. The fourth-order valence-electron chi connectivity index (χ4n) is 3.86. The average molecular weight is 316 g/mol. The molecule has 0 spiro atoms. The quantitative estimate of drug-likeness (QED) is 0.868. The largest absolute Gasteiger partial charge is 0.477 e. The van der Waals surface area contributed by atoms with Crippen LogP contribution in [0.1, 0.15) is 24.3 Å². The van der Waals surface area contributed by atoms with Gasteiger partial charge in [-0.05, 0) is 31.7 Å². The van der Waals surface area contributed by atoms with Crippen LogP contribution in [0, 0.1) is 18.3 Å². The zero-order valence-electron chi connectivity index (χ0n) is 12.7. The van der Waals surface area contributed by atoms with Crippen molar-refractivity contribution in [3.05, 3.63) is 29.4 Å². The van der Waals surface area contributed by atoms with Gasteiger partial charge in [0.2, 0.25) is 11.0 Å². The van der Waals surface area contributed by atoms with Gasteiger partial charge in [-0.25, -0.2) is 4.98 Å². The smallest absolute Gasteiger partial charge is 0.213 e. The van der Waals surface area contributed by atoms with E-state index < -0.39 is 0 Å². The van der Waals surface area contributed by atoms with Crippen LogP contribution in [0.4, 0.5) is 5.13 Å². The summed E-state index contributed by atoms with van der Waals surface area (Å²) in [6.07, 6.45) is 5.61. The maximum absolute atomic E-state index is 6.01. The van der Waals surface area contributed by atoms with Crippen molar-refractivity contribution in [2.24, 2.45) is 11.3 Å². The fraction of sp³-hybridized carbons (Fsp3) is 0.562. The van der Waals surface area contributed by atoms with E-state index in [1.807, 2.05) is 25.1 Å². The summed E-state index contributed by atoms with van der Waals surface area (Å²) in [6, 6.07) is 5.82. The van der Waals surface area contributed by atoms with Crippen LogP contribution in [0.5, 0.6) is 5.88 Å². The number of hydrogen-bond acceptors (Lipinski definition) is 6. The summed E-state index contributed by atoms with van der Waals surface area (Å²) in [5.41, 5.74) is 0.247. The highest BCUT2D eigenvalue weighted by Crippen LogP contribution is 2.50. The van der Waals surface area contributed by atoms with Gasteiger partial charge in [-0.15, -0.1) is 10.2 Å². The predicted octanol–water partition coefficient (Wildman–Crippen LogP) is 2.93. The Balaban J connectivity index is 1.49. The molecule has 2 atom stereocenters. The molecule has 2 aromatic rings. The number of anilines is 1. The summed E-state index contributed by atoms with van der Waals surface area (Å²) in [6.45, 7) is 4.88. The molecular weight excluding hydrogens is 296 g/mol. The number of aryl methyl sites for hydroxylation is 1. The molecule has 0 radical (unpaired) electrons. The molecule has 2 aromatic heterocycles. The Bertz CT molecular complexity index is 647. The van der Waals surface area contributed by atoms with Gasteiger partial charge >= 0.3 is 0 Å². The molecule has 1 aliphatic carbocycles. The van der Waals surface area contributed by atoms with Gasteiger partial charge in [-0.1, -0.05) is 23.8 Å². The van der Waals surface area contributed by atoms with E-state index in [2.05, 4.69) is 20.1 Å². The molecule has 6 heteroatoms. The predicted molar refractivity (Wildman–Crippen MR) is 86.4 cm³/mol. The zero-order valence-corrected chi connectivity index (χ0v) is 13.6. The van der Waals surface area contributed by atoms with E-state index in [1.54, 1.807) is 17.5 Å². The Hall–Kier alpha value is -1.69. The molecular formula is C16H20N4OS. The summed E-state index contributed by atoms with van der Waals surface area (Å²) >= 11 is 1.69. The summed E-state index contributed by atoms with van der Waals surface area (Å²) in [5, 5.41) is 10.6. The normalized spacial score (nSPS) is 27.1. The van der Waals surface area contributed by atoms with Crippen LogP contribution in [0.25, 0.3) is 0 Å². The van der Waals surface area contributed by atoms with Crippen LogP contribution < -0.4 is 9.64 Å². The van der Waals surface area contributed by atoms with Crippen molar-refractivity contribution in [1.82, 2.24) is 15.2 Å². The second-order valence-electron chi connectivity index (χ2n) is 6.39. The van der Waals surface area contributed by atoms with Crippen LogP contribution in [-0.4, -0.2) is 34.9 Å². The monoisotopic (exact) mass is 316 g/mol. The molecule has 2 aliphatic rings. The number of ether oxygens (including phenoxy) is 1. The van der Waals surface area contributed by atoms with E-state index in [0.29, 0.717) is 5.92 Å². The molecule has 116 valence electrons. The first-order valence-corrected chi connectivity index (χ1v) is 8.66. The third kappa shape index (κ3) is 2.45. The van der Waals surface area contributed by atoms with Crippen LogP contribution >= 0.6 is 11.3 Å². The topological polar surface area (TPSA) is 51.1 Å². The lowest BCUT2D eigenvalue weighted by atomic mass is 9.82. The first-order valence-electron chi connectivity index (χ1n) is 7.84. The second kappa shape index (κ2) is 5.50. The van der Waals surface area contributed by atoms with Crippen molar-refractivity contribution in [3.8, 4) is 5.88 Å². The minimum atomic E-state index is 0.247. The minimum absolute atomic E-state index is 0.247. The molecule has 22 heavy (non-hydrogen) atoms. The molecule has 1 saturated carbocycles. The highest BCUT2D eigenvalue weighted by Gasteiger charge is 2.50. The van der Waals surface area contributed by atoms with E-state index in [0.717, 1.165) is 35.7 Å². The molecule has 0 unspecified atom stereocenters. The van der Waals surface area contributed by atoms with Crippen molar-refractivity contribution in [3.63, 3.8) is 0 Å². The van der Waals surface area contributed by atoms with Gasteiger partial charge in [0.15, 0.2) is 0 Å². The van der Waals surface area contributed by atoms with Crippen molar-refractivity contribution < 1.29 is 4.74 Å². The van der Waals surface area contributed by atoms with Gasteiger partial charge in [-0.3, -0.25) is 0 Å². The molecule has 0 bridgehead atoms. The first-order chi connectivity index (χ1) is 10.8. The zero-order chi connectivity index (χ0) is 15.0. The van der Waals surface area contributed by atoms with Crippen LogP contribution in [0.2, 0.25) is 0 Å². The Labute approximate surface area is 134 Å². The number of pyridine rings is 1. The van der Waals surface area contributed by atoms with Gasteiger partial charge in [0.05, 0.1) is 6.61 Å². The van der Waals surface area contributed by atoms with E-state index >= 15 is 0 Å². The van der Waals surface area contributed by atoms with Crippen molar-refractivity contribution in [1.29, 1.82) is 0 Å². The highest BCUT2D eigenvalue weighted by atomic mass is 32.1. The SMILES string of the molecule is Cc1nnc(N2C[C@H]3CCC[C@@]3(COc3ccccn3)C2)s1. The fourth-order valence-corrected chi connectivity index (χ4v) is 4.56. The lowest BCUT2D eigenvalue weighted by molar-refractivity contribution is 0.134. The molecule has 5 nitrogen and oxygen atoms in total. The lowest BCUT2D eigenvalue weighted by Crippen LogP contribution is -2.33. The average Bonchev–Trinajstić information content (AvgIpc) is 3.19. The van der Waals surface area contributed by atoms with Gasteiger partial charge in [0, 0.05) is 30.8 Å². The van der Waals surface area contributed by atoms with E-state index in [4.69, 9.17) is 4.74 Å². The number of hydrogen-bond donors (Lipinski definition) is 0. The summed E-state index contributed by atoms with van der Waals surface area (Å²) in [4.78, 5) is 6.67. The van der Waals surface area contributed by atoms with Crippen molar-refractivity contribution in [2.75, 3.05) is 24.6 Å². The molecule has 4 rings (SSSR count). The Morgan fingerprint density at radius 3 is 3.14 bits per heavy atom. The number of fused-ring (bicyclic) bond motifs is 1. The molecule has 2 fully saturated rings. The molecule has 0 N–H and O–H groups in total. The molecule has 0 amide bonds. The Morgan fingerprint density at radius 2 is 2.36 bits per heavy atom. The standard InChI is InChI=1S/C16H20N4OS/c1-12-18-19-15(22-12)20-9-13-5-4-7-16(13,10-20)11-21-14-6-2-3-8-17-14/h2-3,6,8,13H,4-5,7,9-11H2,1H3/t13-,16+/m1/s1. The maximum atomic E-state index is 6.01. The van der Waals surface area contributed by atoms with E-state index in [1.165, 1.54) is 19.3 Å². The second-order valence-corrected chi connectivity index (χ2v) is 7.55. The highest BCUT2D eigenvalue weighted by molar-refractivity contribution is 7.15. The summed E-state index contributed by atoms with van der Waals surface area (Å²) in [5.74, 6) is 1.42. The van der Waals surface area contributed by atoms with Gasteiger partial charge in [-0.2, -0.15) is 0 Å². The van der Waals surface area contributed by atoms with Gasteiger partial charge < -0.3 is 9.64 Å². The molecule has 1 saturated heterocycles. The number of rotatable bonds is 4. The van der Waals surface area contributed by atoms with Crippen molar-refractivity contribution >= 4 is 16.5 Å². The Morgan fingerprint density at radius 1 is 1.41 bits per heavy atom. The third-order valence-corrected chi connectivity index (χ3v) is 5.87. The number of nitrogens with zero attached hydrogens (tertiary/aromatic N) is 4. The van der Waals surface area contributed by atoms with Crippen molar-refractivity contribution in [2.45, 2.75) is 26.2 Å². The molecule has 3 heterocycles. The van der Waals surface area contributed by atoms with E-state index in [-0.39, 0.29) is 5.41 Å². The van der Waals surface area contributed by atoms with Crippen LogP contribution in [-0.2, 0) is 0 Å². The maximum Gasteiger partial charge on any atom is 0.213 e. The van der Waals surface area contributed by atoms with Gasteiger partial charge in [0.25, 0.3) is 0 Å². The van der Waals surface area contributed by atoms with Crippen LogP contribution in [0.3, 0.4) is 0 Å². The molecule has 0 aromatic carbocycles. The first kappa shape index (κ1) is 13.9. The lowest BCUT2D eigenvalue weighted by Gasteiger charge is -2.28. The van der Waals surface area contributed by atoms with Crippen LogP contribution in [0.15, 0.2) is 24.4 Å². The van der Waals surface area contributed by atoms with E-state index in [9.17, 15) is 0 Å². The van der Waals surface area contributed by atoms with Gasteiger partial charge in [0.1, 0.15) is 5.01 Å². The third-order valence-electron chi connectivity index (χ3n) is 4.97. The Kier molecular flexibility index (Phi) is 3.48. The summed E-state index contributed by atoms with van der Waals surface area (Å²) in [7, 11) is 0.